The number of terminal acetylenes is 1. The number of rotatable bonds is 1. The third-order valence-electron chi connectivity index (χ3n) is 3.12. The largest absolute Gasteiger partial charge is 0.459 e. The summed E-state index contributed by atoms with van der Waals surface area (Å²) in [5.41, 5.74) is 0.774. The first kappa shape index (κ1) is 12.2. The molecule has 3 rings (SSSR count). The minimum atomic E-state index is -0.588. The van der Waals surface area contributed by atoms with Crippen molar-refractivity contribution in [3.63, 3.8) is 0 Å². The first-order valence-electron chi connectivity index (χ1n) is 5.89. The van der Waals surface area contributed by atoms with E-state index < -0.39 is 11.8 Å². The first-order valence-corrected chi connectivity index (χ1v) is 5.89. The summed E-state index contributed by atoms with van der Waals surface area (Å²) >= 11 is 0. The maximum Gasteiger partial charge on any atom is 0.328 e. The second-order valence-electron chi connectivity index (χ2n) is 4.36. The first-order chi connectivity index (χ1) is 9.60. The molecule has 1 N–H and O–H groups in total. The lowest BCUT2D eigenvalue weighted by Gasteiger charge is -2.25. The van der Waals surface area contributed by atoms with Crippen molar-refractivity contribution < 1.29 is 18.4 Å². The van der Waals surface area contributed by atoms with Crippen LogP contribution in [0, 0.1) is 18.2 Å². The molecule has 0 saturated carbocycles. The number of fused-ring (bicyclic) bond motifs is 1. The zero-order chi connectivity index (χ0) is 14.3. The van der Waals surface area contributed by atoms with Crippen LogP contribution in [0.1, 0.15) is 12.0 Å². The van der Waals surface area contributed by atoms with Gasteiger partial charge < -0.3 is 4.42 Å². The predicted octanol–water partition coefficient (Wildman–Crippen LogP) is 2.00. The predicted molar refractivity (Wildman–Crippen MR) is 69.6 cm³/mol. The molecule has 0 atom stereocenters. The third kappa shape index (κ3) is 1.80. The van der Waals surface area contributed by atoms with E-state index in [2.05, 4.69) is 11.2 Å². The molecule has 1 aliphatic heterocycles. The van der Waals surface area contributed by atoms with Crippen molar-refractivity contribution in [2.45, 2.75) is 6.42 Å². The normalized spacial score (nSPS) is 15.3. The zero-order valence-corrected chi connectivity index (χ0v) is 10.3. The lowest BCUT2D eigenvalue weighted by Crippen LogP contribution is -2.49. The molecule has 1 aromatic heterocycles. The number of hydrogen-bond donors (Lipinski definition) is 1. The maximum atomic E-state index is 13.8. The Kier molecular flexibility index (Phi) is 2.68. The Morgan fingerprint density at radius 2 is 2.20 bits per heavy atom. The third-order valence-corrected chi connectivity index (χ3v) is 3.12. The molecule has 3 amide bonds. The number of urea groups is 1. The number of hydrogen-bond acceptors (Lipinski definition) is 3. The van der Waals surface area contributed by atoms with E-state index in [1.807, 2.05) is 0 Å². The SMILES string of the molecule is C#Cc1cc(F)c2occ(N3CCC(=O)NC3=O)c2c1. The van der Waals surface area contributed by atoms with Gasteiger partial charge in [0.1, 0.15) is 6.26 Å². The molecule has 1 aliphatic rings. The van der Waals surface area contributed by atoms with Gasteiger partial charge in [-0.25, -0.2) is 9.18 Å². The highest BCUT2D eigenvalue weighted by Gasteiger charge is 2.27. The van der Waals surface area contributed by atoms with Crippen LogP contribution in [0.15, 0.2) is 22.8 Å². The van der Waals surface area contributed by atoms with E-state index in [9.17, 15) is 14.0 Å². The summed E-state index contributed by atoms with van der Waals surface area (Å²) in [5, 5.41) is 2.60. The van der Waals surface area contributed by atoms with Gasteiger partial charge in [-0.05, 0) is 12.1 Å². The van der Waals surface area contributed by atoms with E-state index in [0.717, 1.165) is 0 Å². The van der Waals surface area contributed by atoms with Crippen LogP contribution in [-0.4, -0.2) is 18.5 Å². The zero-order valence-electron chi connectivity index (χ0n) is 10.3. The summed E-state index contributed by atoms with van der Waals surface area (Å²) in [6, 6.07) is 2.20. The lowest BCUT2D eigenvalue weighted by molar-refractivity contribution is -0.120. The number of imide groups is 1. The number of nitrogens with zero attached hydrogens (tertiary/aromatic N) is 1. The Balaban J connectivity index is 2.13. The van der Waals surface area contributed by atoms with Crippen molar-refractivity contribution in [3.05, 3.63) is 29.8 Å². The molecule has 0 radical (unpaired) electrons. The van der Waals surface area contributed by atoms with E-state index in [4.69, 9.17) is 10.8 Å². The van der Waals surface area contributed by atoms with Crippen molar-refractivity contribution in [1.82, 2.24) is 5.32 Å². The van der Waals surface area contributed by atoms with E-state index in [0.29, 0.717) is 16.6 Å². The molecule has 2 heterocycles. The number of halogens is 1. The number of nitrogens with one attached hydrogen (secondary N) is 1. The van der Waals surface area contributed by atoms with Crippen LogP contribution in [0.3, 0.4) is 0 Å². The average Bonchev–Trinajstić information content (AvgIpc) is 2.83. The number of furan rings is 1. The number of amides is 3. The number of anilines is 1. The van der Waals surface area contributed by atoms with Gasteiger partial charge in [0.05, 0.1) is 5.69 Å². The van der Waals surface area contributed by atoms with Crippen LogP contribution >= 0.6 is 0 Å². The minimum Gasteiger partial charge on any atom is -0.459 e. The lowest BCUT2D eigenvalue weighted by atomic mass is 10.1. The quantitative estimate of drug-likeness (QED) is 0.808. The van der Waals surface area contributed by atoms with Crippen LogP contribution in [0.4, 0.5) is 14.9 Å². The van der Waals surface area contributed by atoms with E-state index in [1.165, 1.54) is 17.2 Å². The van der Waals surface area contributed by atoms with Gasteiger partial charge in [0.25, 0.3) is 0 Å². The van der Waals surface area contributed by atoms with Gasteiger partial charge in [-0.1, -0.05) is 5.92 Å². The molecule has 0 unspecified atom stereocenters. The number of benzene rings is 1. The highest BCUT2D eigenvalue weighted by Crippen LogP contribution is 2.32. The Bertz CT molecular complexity index is 773. The Morgan fingerprint density at radius 1 is 1.40 bits per heavy atom. The van der Waals surface area contributed by atoms with Crippen LogP contribution in [0.2, 0.25) is 0 Å². The molecule has 6 heteroatoms. The molecule has 0 spiro atoms. The summed E-state index contributed by atoms with van der Waals surface area (Å²) < 4.78 is 19.0. The Hall–Kier alpha value is -2.81. The van der Waals surface area contributed by atoms with Crippen molar-refractivity contribution >= 4 is 28.6 Å². The van der Waals surface area contributed by atoms with Crippen LogP contribution in [-0.2, 0) is 4.79 Å². The standard InChI is InChI=1S/C14H9FN2O3/c1-2-8-5-9-11(7-20-13(9)10(15)6-8)17-4-3-12(18)16-14(17)19/h1,5-7H,3-4H2,(H,16,18,19). The molecule has 20 heavy (non-hydrogen) atoms. The summed E-state index contributed by atoms with van der Waals surface area (Å²) in [6.07, 6.45) is 6.73. The summed E-state index contributed by atoms with van der Waals surface area (Å²) in [6.45, 7) is 0.210. The smallest absolute Gasteiger partial charge is 0.328 e. The highest BCUT2D eigenvalue weighted by molar-refractivity contribution is 6.09. The van der Waals surface area contributed by atoms with Gasteiger partial charge >= 0.3 is 6.03 Å². The van der Waals surface area contributed by atoms with Gasteiger partial charge in [-0.2, -0.15) is 0 Å². The molecule has 1 saturated heterocycles. The fourth-order valence-electron chi connectivity index (χ4n) is 2.17. The van der Waals surface area contributed by atoms with Crippen LogP contribution in [0.25, 0.3) is 11.0 Å². The Morgan fingerprint density at radius 3 is 2.90 bits per heavy atom. The molecule has 5 nitrogen and oxygen atoms in total. The molecule has 0 bridgehead atoms. The van der Waals surface area contributed by atoms with Crippen molar-refractivity contribution in [1.29, 1.82) is 0 Å². The minimum absolute atomic E-state index is 0.0312. The van der Waals surface area contributed by atoms with Gasteiger partial charge in [0.15, 0.2) is 11.4 Å². The molecule has 0 aliphatic carbocycles. The topological polar surface area (TPSA) is 62.6 Å². The molecule has 1 fully saturated rings. The second-order valence-corrected chi connectivity index (χ2v) is 4.36. The van der Waals surface area contributed by atoms with E-state index >= 15 is 0 Å². The van der Waals surface area contributed by atoms with E-state index in [-0.39, 0.29) is 24.5 Å². The van der Waals surface area contributed by atoms with Gasteiger partial charge in [-0.15, -0.1) is 6.42 Å². The molecule has 1 aromatic carbocycles. The van der Waals surface area contributed by atoms with Crippen LogP contribution in [0.5, 0.6) is 0 Å². The van der Waals surface area contributed by atoms with Crippen LogP contribution < -0.4 is 10.2 Å². The average molecular weight is 272 g/mol. The van der Waals surface area contributed by atoms with Gasteiger partial charge in [0.2, 0.25) is 5.91 Å². The number of carbonyl (C=O) groups is 2. The monoisotopic (exact) mass is 272 g/mol. The maximum absolute atomic E-state index is 13.8. The second kappa shape index (κ2) is 4.38. The highest BCUT2D eigenvalue weighted by atomic mass is 19.1. The molecule has 2 aromatic rings. The number of carbonyl (C=O) groups excluding carboxylic acids is 2. The molecule has 100 valence electrons. The van der Waals surface area contributed by atoms with Crippen molar-refractivity contribution in [2.75, 3.05) is 11.4 Å². The fraction of sp³-hybridized carbons (Fsp3) is 0.143. The molecular weight excluding hydrogens is 263 g/mol. The van der Waals surface area contributed by atoms with Crippen molar-refractivity contribution in [3.8, 4) is 12.3 Å². The summed E-state index contributed by atoms with van der Waals surface area (Å²) in [5.74, 6) is 1.42. The summed E-state index contributed by atoms with van der Waals surface area (Å²) in [4.78, 5) is 24.3. The van der Waals surface area contributed by atoms with E-state index in [1.54, 1.807) is 6.07 Å². The molecular formula is C14H9FN2O3. The van der Waals surface area contributed by atoms with Gasteiger partial charge in [-0.3, -0.25) is 15.0 Å². The summed E-state index contributed by atoms with van der Waals surface area (Å²) in [7, 11) is 0. The van der Waals surface area contributed by atoms with Gasteiger partial charge in [0, 0.05) is 23.9 Å². The van der Waals surface area contributed by atoms with Crippen molar-refractivity contribution in [2.24, 2.45) is 0 Å². The fourth-order valence-corrected chi connectivity index (χ4v) is 2.17. The Labute approximate surface area is 113 Å².